The Morgan fingerprint density at radius 1 is 0.372 bits per heavy atom. The summed E-state index contributed by atoms with van der Waals surface area (Å²) in [6.07, 6.45) is 0.843. The topological polar surface area (TPSA) is 18.5 Å². The highest BCUT2D eigenvalue weighted by Gasteiger charge is 2.45. The third-order valence-corrected chi connectivity index (χ3v) is 11.8. The molecule has 0 N–H and O–H groups in total. The monoisotopic (exact) mass is 644 g/mol. The van der Waals surface area contributed by atoms with Crippen molar-refractivity contribution in [3.8, 4) is 11.5 Å². The van der Waals surface area contributed by atoms with Crippen molar-refractivity contribution in [2.24, 2.45) is 0 Å². The minimum atomic E-state index is -2.08. The smallest absolute Gasteiger partial charge is 0.123 e. The third kappa shape index (κ3) is 7.43. The van der Waals surface area contributed by atoms with E-state index in [1.165, 1.54) is 21.5 Å². The molecule has 214 valence electrons. The van der Waals surface area contributed by atoms with Gasteiger partial charge in [0.2, 0.25) is 0 Å². The lowest BCUT2D eigenvalue weighted by molar-refractivity contribution is -0.00000899. The lowest BCUT2D eigenvalue weighted by atomic mass is 10.2. The second-order valence-corrected chi connectivity index (χ2v) is 13.8. The SMILES string of the molecule is [Br-].c1ccc(COc2cc(C[P+](c3ccccc3)(c3ccccc3)c3ccccc3)cc(OCc3ccccc3)c2)cc1. The molecule has 0 aliphatic heterocycles. The Bertz CT molecular complexity index is 1520. The normalized spacial score (nSPS) is 10.9. The second kappa shape index (κ2) is 14.8. The fraction of sp³-hybridized carbons (Fsp3) is 0.0769. The molecule has 0 aliphatic rings. The van der Waals surface area contributed by atoms with E-state index in [2.05, 4.69) is 127 Å². The van der Waals surface area contributed by atoms with E-state index >= 15 is 0 Å². The highest BCUT2D eigenvalue weighted by atomic mass is 79.9. The summed E-state index contributed by atoms with van der Waals surface area (Å²) >= 11 is 0. The molecule has 6 rings (SSSR count). The minimum Gasteiger partial charge on any atom is -1.00 e. The van der Waals surface area contributed by atoms with Crippen molar-refractivity contribution in [1.82, 2.24) is 0 Å². The van der Waals surface area contributed by atoms with E-state index in [4.69, 9.17) is 9.47 Å². The molecular weight excluding hydrogens is 611 g/mol. The molecule has 0 atom stereocenters. The van der Waals surface area contributed by atoms with Crippen molar-refractivity contribution in [1.29, 1.82) is 0 Å². The number of ether oxygens (including phenoxy) is 2. The van der Waals surface area contributed by atoms with Crippen LogP contribution in [-0.2, 0) is 19.4 Å². The molecule has 2 nitrogen and oxygen atoms in total. The second-order valence-electron chi connectivity index (χ2n) is 10.3. The van der Waals surface area contributed by atoms with Crippen LogP contribution in [0.1, 0.15) is 16.7 Å². The van der Waals surface area contributed by atoms with Gasteiger partial charge >= 0.3 is 0 Å². The van der Waals surface area contributed by atoms with Gasteiger partial charge in [0.1, 0.15) is 47.9 Å². The first-order chi connectivity index (χ1) is 20.8. The van der Waals surface area contributed by atoms with E-state index in [0.717, 1.165) is 28.8 Å². The maximum absolute atomic E-state index is 6.39. The van der Waals surface area contributed by atoms with Crippen LogP contribution in [0.2, 0.25) is 0 Å². The Hall–Kier alpha value is -4.17. The Kier molecular flexibility index (Phi) is 10.4. The minimum absolute atomic E-state index is 0. The van der Waals surface area contributed by atoms with Gasteiger partial charge in [-0.05, 0) is 65.2 Å². The molecule has 0 aromatic heterocycles. The van der Waals surface area contributed by atoms with Gasteiger partial charge in [0.15, 0.2) is 0 Å². The Morgan fingerprint density at radius 2 is 0.698 bits per heavy atom. The van der Waals surface area contributed by atoms with Crippen molar-refractivity contribution in [2.45, 2.75) is 19.4 Å². The summed E-state index contributed by atoms with van der Waals surface area (Å²) in [6, 6.07) is 60.0. The molecule has 0 amide bonds. The summed E-state index contributed by atoms with van der Waals surface area (Å²) in [6.45, 7) is 0.998. The van der Waals surface area contributed by atoms with Gasteiger partial charge in [-0.15, -0.1) is 0 Å². The summed E-state index contributed by atoms with van der Waals surface area (Å²) in [4.78, 5) is 0. The van der Waals surface area contributed by atoms with Crippen LogP contribution in [0.5, 0.6) is 11.5 Å². The molecule has 43 heavy (non-hydrogen) atoms. The fourth-order valence-electron chi connectivity index (χ4n) is 5.41. The molecule has 0 saturated carbocycles. The van der Waals surface area contributed by atoms with Gasteiger partial charge in [-0.2, -0.15) is 0 Å². The molecular formula is C39H34BrO2P. The molecule has 6 aromatic carbocycles. The van der Waals surface area contributed by atoms with Crippen molar-refractivity contribution in [3.63, 3.8) is 0 Å². The Morgan fingerprint density at radius 3 is 1.05 bits per heavy atom. The fourth-order valence-corrected chi connectivity index (χ4v) is 9.63. The van der Waals surface area contributed by atoms with Crippen molar-refractivity contribution in [3.05, 3.63) is 187 Å². The average molecular weight is 646 g/mol. The van der Waals surface area contributed by atoms with E-state index in [1.807, 2.05) is 42.5 Å². The Balaban J connectivity index is 0.00000368. The number of benzene rings is 6. The predicted molar refractivity (Wildman–Crippen MR) is 177 cm³/mol. The van der Waals surface area contributed by atoms with Gasteiger partial charge in [-0.1, -0.05) is 115 Å². The highest BCUT2D eigenvalue weighted by Crippen LogP contribution is 2.58. The lowest BCUT2D eigenvalue weighted by Gasteiger charge is -2.28. The summed E-state index contributed by atoms with van der Waals surface area (Å²) in [7, 11) is -2.08. The van der Waals surface area contributed by atoms with E-state index < -0.39 is 7.26 Å². The molecule has 0 heterocycles. The quantitative estimate of drug-likeness (QED) is 0.177. The summed E-state index contributed by atoms with van der Waals surface area (Å²) in [5.74, 6) is 1.62. The van der Waals surface area contributed by atoms with Crippen LogP contribution >= 0.6 is 7.26 Å². The maximum atomic E-state index is 6.39. The highest BCUT2D eigenvalue weighted by molar-refractivity contribution is 7.95. The van der Waals surface area contributed by atoms with Gasteiger partial charge in [0.05, 0.1) is 6.16 Å². The molecule has 0 bridgehead atoms. The zero-order valence-electron chi connectivity index (χ0n) is 23.9. The predicted octanol–water partition coefficient (Wildman–Crippen LogP) is 5.34. The van der Waals surface area contributed by atoms with E-state index in [0.29, 0.717) is 13.2 Å². The Labute approximate surface area is 266 Å². The molecule has 0 fully saturated rings. The number of halogens is 1. The molecule has 0 aliphatic carbocycles. The summed E-state index contributed by atoms with van der Waals surface area (Å²) in [5, 5.41) is 4.05. The van der Waals surface area contributed by atoms with Crippen molar-refractivity contribution in [2.75, 3.05) is 0 Å². The first-order valence-electron chi connectivity index (χ1n) is 14.3. The van der Waals surface area contributed by atoms with Crippen molar-refractivity contribution < 1.29 is 26.5 Å². The van der Waals surface area contributed by atoms with Gasteiger partial charge in [0.25, 0.3) is 0 Å². The first kappa shape index (κ1) is 30.3. The van der Waals surface area contributed by atoms with Crippen LogP contribution in [0, 0.1) is 0 Å². The standard InChI is InChI=1S/C39H34O2P.BrH/c1-6-16-32(17-7-1)29-40-35-26-34(27-36(28-35)41-30-33-18-8-2-9-19-33)31-42(37-20-10-3-11-21-37,38-22-12-4-13-23-38)39-24-14-5-15-25-39;/h1-28H,29-31H2;1H/q+1;/p-1. The lowest BCUT2D eigenvalue weighted by Crippen LogP contribution is -3.00. The van der Waals surface area contributed by atoms with E-state index in [9.17, 15) is 0 Å². The van der Waals surface area contributed by atoms with Gasteiger partial charge in [-0.3, -0.25) is 0 Å². The van der Waals surface area contributed by atoms with Crippen LogP contribution in [-0.4, -0.2) is 0 Å². The zero-order valence-corrected chi connectivity index (χ0v) is 26.4. The largest absolute Gasteiger partial charge is 1.00 e. The summed E-state index contributed by atoms with van der Waals surface area (Å²) < 4.78 is 12.8. The molecule has 0 radical (unpaired) electrons. The van der Waals surface area contributed by atoms with Gasteiger partial charge < -0.3 is 26.5 Å². The first-order valence-corrected chi connectivity index (χ1v) is 16.3. The van der Waals surface area contributed by atoms with Crippen LogP contribution in [0.3, 0.4) is 0 Å². The van der Waals surface area contributed by atoms with Crippen LogP contribution in [0.15, 0.2) is 170 Å². The number of hydrogen-bond donors (Lipinski definition) is 0. The molecule has 4 heteroatoms. The molecule has 6 aromatic rings. The molecule has 0 spiro atoms. The van der Waals surface area contributed by atoms with Crippen LogP contribution < -0.4 is 42.4 Å². The van der Waals surface area contributed by atoms with Crippen molar-refractivity contribution >= 4 is 23.2 Å². The van der Waals surface area contributed by atoms with Crippen LogP contribution in [0.25, 0.3) is 0 Å². The zero-order chi connectivity index (χ0) is 28.5. The van der Waals surface area contributed by atoms with E-state index in [-0.39, 0.29) is 17.0 Å². The van der Waals surface area contributed by atoms with Gasteiger partial charge in [0, 0.05) is 6.07 Å². The van der Waals surface area contributed by atoms with Crippen LogP contribution in [0.4, 0.5) is 0 Å². The molecule has 0 saturated heterocycles. The van der Waals surface area contributed by atoms with E-state index in [1.54, 1.807) is 0 Å². The average Bonchev–Trinajstić information content (AvgIpc) is 3.07. The van der Waals surface area contributed by atoms with Gasteiger partial charge in [-0.25, -0.2) is 0 Å². The number of hydrogen-bond acceptors (Lipinski definition) is 2. The third-order valence-electron chi connectivity index (χ3n) is 7.45. The molecule has 0 unspecified atom stereocenters. The maximum Gasteiger partial charge on any atom is 0.123 e. The number of rotatable bonds is 11. The summed E-state index contributed by atoms with van der Waals surface area (Å²) in [5.41, 5.74) is 3.46.